The van der Waals surface area contributed by atoms with Gasteiger partial charge in [-0.3, -0.25) is 14.5 Å². The van der Waals surface area contributed by atoms with Gasteiger partial charge in [0.05, 0.1) is 5.75 Å². The van der Waals surface area contributed by atoms with E-state index in [-0.39, 0.29) is 43.5 Å². The number of sulfonamides is 1. The molecular formula is C16H26N6O4S. The molecule has 10 nitrogen and oxygen atoms in total. The van der Waals surface area contributed by atoms with Crippen LogP contribution in [0.25, 0.3) is 0 Å². The molecule has 0 atom stereocenters. The highest BCUT2D eigenvalue weighted by Crippen LogP contribution is 2.13. The van der Waals surface area contributed by atoms with Crippen molar-refractivity contribution in [1.29, 1.82) is 0 Å². The smallest absolute Gasteiger partial charge is 0.229 e. The van der Waals surface area contributed by atoms with E-state index in [0.29, 0.717) is 24.6 Å². The second-order valence-corrected chi connectivity index (χ2v) is 8.41. The summed E-state index contributed by atoms with van der Waals surface area (Å²) >= 11 is 0. The molecule has 1 aromatic rings. The van der Waals surface area contributed by atoms with Gasteiger partial charge in [0, 0.05) is 52.6 Å². The van der Waals surface area contributed by atoms with Crippen molar-refractivity contribution >= 4 is 33.5 Å². The summed E-state index contributed by atoms with van der Waals surface area (Å²) in [7, 11) is 0.156. The first-order valence-corrected chi connectivity index (χ1v) is 10.4. The highest BCUT2D eigenvalue weighted by molar-refractivity contribution is 7.89. The van der Waals surface area contributed by atoms with E-state index >= 15 is 0 Å². The summed E-state index contributed by atoms with van der Waals surface area (Å²) in [5.74, 6) is 1.05. The predicted octanol–water partition coefficient (Wildman–Crippen LogP) is -0.279. The minimum Gasteiger partial charge on any atom is -0.369 e. The molecule has 0 bridgehead atoms. The van der Waals surface area contributed by atoms with Crippen LogP contribution in [0.4, 0.5) is 11.6 Å². The molecule has 2 rings (SSSR count). The minimum atomic E-state index is -3.59. The third-order valence-electron chi connectivity index (χ3n) is 4.00. The summed E-state index contributed by atoms with van der Waals surface area (Å²) in [6, 6.07) is 1.77. The number of hydrogen-bond donors (Lipinski definition) is 2. The summed E-state index contributed by atoms with van der Waals surface area (Å²) in [6.45, 7) is 2.16. The Bertz CT molecular complexity index is 780. The molecule has 1 fully saturated rings. The van der Waals surface area contributed by atoms with Crippen LogP contribution in [0.1, 0.15) is 25.1 Å². The molecule has 0 saturated carbocycles. The van der Waals surface area contributed by atoms with Crippen LogP contribution in [0.3, 0.4) is 0 Å². The van der Waals surface area contributed by atoms with Gasteiger partial charge in [-0.25, -0.2) is 23.1 Å². The van der Waals surface area contributed by atoms with Gasteiger partial charge in [-0.1, -0.05) is 0 Å². The fourth-order valence-electron chi connectivity index (χ4n) is 2.60. The lowest BCUT2D eigenvalue weighted by Gasteiger charge is -2.24. The zero-order chi connectivity index (χ0) is 20.0. The number of imide groups is 1. The topological polar surface area (TPSA) is 125 Å². The molecule has 150 valence electrons. The van der Waals surface area contributed by atoms with Crippen LogP contribution in [0.15, 0.2) is 6.07 Å². The van der Waals surface area contributed by atoms with Crippen LogP contribution >= 0.6 is 0 Å². The normalized spacial score (nSPS) is 15.1. The summed E-state index contributed by atoms with van der Waals surface area (Å²) in [5, 5.41) is 3.05. The lowest BCUT2D eigenvalue weighted by atomic mass is 10.1. The molecule has 0 aliphatic carbocycles. The van der Waals surface area contributed by atoms with Gasteiger partial charge in [-0.05, 0) is 13.3 Å². The maximum atomic E-state index is 12.1. The van der Waals surface area contributed by atoms with E-state index in [2.05, 4.69) is 20.0 Å². The van der Waals surface area contributed by atoms with Crippen molar-refractivity contribution in [3.05, 3.63) is 11.9 Å². The first-order chi connectivity index (χ1) is 12.7. The summed E-state index contributed by atoms with van der Waals surface area (Å²) in [4.78, 5) is 34.8. The maximum Gasteiger partial charge on any atom is 0.229 e. The molecular weight excluding hydrogens is 372 g/mol. The Balaban J connectivity index is 1.79. The lowest BCUT2D eigenvalue weighted by Crippen LogP contribution is -2.44. The van der Waals surface area contributed by atoms with E-state index in [4.69, 9.17) is 0 Å². The fourth-order valence-corrected chi connectivity index (χ4v) is 3.58. The molecule has 2 heterocycles. The molecule has 27 heavy (non-hydrogen) atoms. The largest absolute Gasteiger partial charge is 0.369 e. The summed E-state index contributed by atoms with van der Waals surface area (Å²) in [5.41, 5.74) is 0. The monoisotopic (exact) mass is 398 g/mol. The number of carbonyl (C=O) groups excluding carboxylic acids is 2. The molecule has 1 aromatic heterocycles. The third kappa shape index (κ3) is 6.43. The highest BCUT2D eigenvalue weighted by Gasteiger charge is 2.27. The Morgan fingerprint density at radius 1 is 1.15 bits per heavy atom. The second-order valence-electron chi connectivity index (χ2n) is 6.49. The minimum absolute atomic E-state index is 0.113. The van der Waals surface area contributed by atoms with E-state index in [1.54, 1.807) is 13.0 Å². The van der Waals surface area contributed by atoms with Gasteiger partial charge in [0.15, 0.2) is 0 Å². The van der Waals surface area contributed by atoms with Crippen LogP contribution in [-0.4, -0.2) is 74.6 Å². The van der Waals surface area contributed by atoms with Crippen molar-refractivity contribution in [1.82, 2.24) is 19.6 Å². The molecule has 0 radical (unpaired) electrons. The quantitative estimate of drug-likeness (QED) is 0.430. The van der Waals surface area contributed by atoms with Gasteiger partial charge in [-0.2, -0.15) is 0 Å². The van der Waals surface area contributed by atoms with Crippen molar-refractivity contribution < 1.29 is 18.0 Å². The van der Waals surface area contributed by atoms with Crippen LogP contribution < -0.4 is 14.9 Å². The standard InChI is InChI=1S/C16H26N6O4S/c1-12-19-13(11-14(20-12)21(2)3)17-7-8-18-27(25,26)10-9-22-15(23)5-4-6-16(22)24/h11,18H,4-10H2,1-3H3,(H,17,19,20). The fraction of sp³-hybridized carbons (Fsp3) is 0.625. The van der Waals surface area contributed by atoms with Crippen LogP contribution in [0.2, 0.25) is 0 Å². The Kier molecular flexibility index (Phi) is 7.08. The first kappa shape index (κ1) is 21.0. The molecule has 1 saturated heterocycles. The molecule has 11 heteroatoms. The Morgan fingerprint density at radius 2 is 1.81 bits per heavy atom. The van der Waals surface area contributed by atoms with Gasteiger partial charge < -0.3 is 10.2 Å². The Hall–Kier alpha value is -2.27. The second kappa shape index (κ2) is 9.09. The zero-order valence-electron chi connectivity index (χ0n) is 15.9. The van der Waals surface area contributed by atoms with Crippen molar-refractivity contribution in [2.24, 2.45) is 0 Å². The number of likely N-dealkylation sites (tertiary alicyclic amines) is 1. The number of carbonyl (C=O) groups is 2. The number of anilines is 2. The van der Waals surface area contributed by atoms with Crippen molar-refractivity contribution in [3.63, 3.8) is 0 Å². The van der Waals surface area contributed by atoms with Gasteiger partial charge in [0.1, 0.15) is 17.5 Å². The van der Waals surface area contributed by atoms with Crippen LogP contribution in [-0.2, 0) is 19.6 Å². The SMILES string of the molecule is Cc1nc(NCCNS(=O)(=O)CCN2C(=O)CCCC2=O)cc(N(C)C)n1. The molecule has 2 N–H and O–H groups in total. The van der Waals surface area contributed by atoms with E-state index < -0.39 is 10.0 Å². The lowest BCUT2D eigenvalue weighted by molar-refractivity contribution is -0.147. The Labute approximate surface area is 159 Å². The van der Waals surface area contributed by atoms with Crippen LogP contribution in [0, 0.1) is 6.92 Å². The first-order valence-electron chi connectivity index (χ1n) is 8.75. The van der Waals surface area contributed by atoms with Gasteiger partial charge in [0.25, 0.3) is 0 Å². The van der Waals surface area contributed by atoms with Gasteiger partial charge >= 0.3 is 0 Å². The number of aryl methyl sites for hydroxylation is 1. The highest BCUT2D eigenvalue weighted by atomic mass is 32.2. The number of piperidine rings is 1. The maximum absolute atomic E-state index is 12.1. The van der Waals surface area contributed by atoms with Crippen molar-refractivity contribution in [2.75, 3.05) is 49.7 Å². The van der Waals surface area contributed by atoms with Crippen LogP contribution in [0.5, 0.6) is 0 Å². The molecule has 0 spiro atoms. The molecule has 1 aliphatic heterocycles. The summed E-state index contributed by atoms with van der Waals surface area (Å²) in [6.07, 6.45) is 1.11. The number of amides is 2. The van der Waals surface area contributed by atoms with Gasteiger partial charge in [-0.15, -0.1) is 0 Å². The number of aromatic nitrogens is 2. The van der Waals surface area contributed by atoms with Gasteiger partial charge in [0.2, 0.25) is 21.8 Å². The summed E-state index contributed by atoms with van der Waals surface area (Å²) < 4.78 is 26.6. The van der Waals surface area contributed by atoms with Crippen molar-refractivity contribution in [3.8, 4) is 0 Å². The molecule has 0 aromatic carbocycles. The Morgan fingerprint density at radius 3 is 2.44 bits per heavy atom. The van der Waals surface area contributed by atoms with E-state index in [9.17, 15) is 18.0 Å². The number of rotatable bonds is 9. The number of hydrogen-bond acceptors (Lipinski definition) is 8. The number of nitrogens with one attached hydrogen (secondary N) is 2. The van der Waals surface area contributed by atoms with E-state index in [1.807, 2.05) is 19.0 Å². The van der Waals surface area contributed by atoms with Crippen molar-refractivity contribution in [2.45, 2.75) is 26.2 Å². The molecule has 2 amide bonds. The average Bonchev–Trinajstić information content (AvgIpc) is 2.58. The predicted molar refractivity (Wildman–Crippen MR) is 102 cm³/mol. The zero-order valence-corrected chi connectivity index (χ0v) is 16.7. The number of nitrogens with zero attached hydrogens (tertiary/aromatic N) is 4. The average molecular weight is 398 g/mol. The van der Waals surface area contributed by atoms with E-state index in [1.165, 1.54) is 0 Å². The van der Waals surface area contributed by atoms with E-state index in [0.717, 1.165) is 10.7 Å². The molecule has 0 unspecified atom stereocenters. The molecule has 1 aliphatic rings. The third-order valence-corrected chi connectivity index (χ3v) is 5.37.